The third-order valence-corrected chi connectivity index (χ3v) is 5.19. The van der Waals surface area contributed by atoms with Gasteiger partial charge in [0.1, 0.15) is 17.2 Å². The number of halogens is 2. The van der Waals surface area contributed by atoms with Crippen LogP contribution in [0.4, 0.5) is 5.95 Å². The monoisotopic (exact) mass is 531 g/mol. The third kappa shape index (κ3) is 7.33. The standard InChI is InChI=1S/C18H24Br2N6O3/c1-22-4-2-6-29-16-13(19)7-11(8-14(16)20)9-15(26-28)17(27)23-5-3-12-10-24-18(21)25-12/h7-8,10,22,28H,2-6,9H2,1H3,(H,23,27)(H3,21,24,25)/p+1/b26-15+. The summed E-state index contributed by atoms with van der Waals surface area (Å²) in [6, 6.07) is 3.68. The van der Waals surface area contributed by atoms with E-state index in [4.69, 9.17) is 10.5 Å². The lowest BCUT2D eigenvalue weighted by atomic mass is 10.1. The molecule has 11 heteroatoms. The lowest BCUT2D eigenvalue weighted by Gasteiger charge is -2.13. The van der Waals surface area contributed by atoms with Gasteiger partial charge in [-0.05, 0) is 69.6 Å². The zero-order chi connectivity index (χ0) is 21.2. The number of oxime groups is 1. The Morgan fingerprint density at radius 3 is 2.66 bits per heavy atom. The summed E-state index contributed by atoms with van der Waals surface area (Å²) in [6.07, 6.45) is 3.35. The number of anilines is 1. The number of benzene rings is 1. The van der Waals surface area contributed by atoms with Crippen molar-refractivity contribution in [3.05, 3.63) is 38.5 Å². The molecular formula is C18H25Br2N6O3+. The summed E-state index contributed by atoms with van der Waals surface area (Å²) >= 11 is 6.99. The Balaban J connectivity index is 1.92. The van der Waals surface area contributed by atoms with E-state index in [1.165, 1.54) is 0 Å². The van der Waals surface area contributed by atoms with E-state index in [0.29, 0.717) is 31.3 Å². The molecule has 0 atom stereocenters. The fourth-order valence-corrected chi connectivity index (χ4v) is 4.10. The smallest absolute Gasteiger partial charge is 0.350 e. The summed E-state index contributed by atoms with van der Waals surface area (Å²) < 4.78 is 7.30. The largest absolute Gasteiger partial charge is 0.491 e. The Kier molecular flexibility index (Phi) is 9.42. The first-order chi connectivity index (χ1) is 13.9. The van der Waals surface area contributed by atoms with Crippen LogP contribution in [0, 0.1) is 0 Å². The van der Waals surface area contributed by atoms with E-state index in [0.717, 1.165) is 33.2 Å². The minimum absolute atomic E-state index is 0.0176. The molecule has 9 nitrogen and oxygen atoms in total. The quantitative estimate of drug-likeness (QED) is 0.130. The number of amides is 1. The molecule has 2 rings (SSSR count). The molecule has 7 N–H and O–H groups in total. The number of ether oxygens (including phenoxy) is 1. The molecule has 29 heavy (non-hydrogen) atoms. The summed E-state index contributed by atoms with van der Waals surface area (Å²) in [5.74, 6) is 0.712. The van der Waals surface area contributed by atoms with E-state index in [2.05, 4.69) is 57.6 Å². The van der Waals surface area contributed by atoms with Crippen LogP contribution in [0.2, 0.25) is 0 Å². The maximum absolute atomic E-state index is 12.3. The Bertz CT molecular complexity index is 833. The second kappa shape index (κ2) is 11.8. The topological polar surface area (TPSA) is 139 Å². The summed E-state index contributed by atoms with van der Waals surface area (Å²) in [7, 11) is 1.89. The minimum atomic E-state index is -0.435. The number of nitrogens with one attached hydrogen (secondary N) is 4. The number of rotatable bonds is 11. The number of H-pyrrole nitrogens is 2. The molecule has 0 bridgehead atoms. The zero-order valence-corrected chi connectivity index (χ0v) is 19.2. The lowest BCUT2D eigenvalue weighted by Crippen LogP contribution is -2.33. The van der Waals surface area contributed by atoms with Gasteiger partial charge in [0.25, 0.3) is 5.91 Å². The Hall–Kier alpha value is -2.11. The number of aromatic nitrogens is 2. The fourth-order valence-electron chi connectivity index (χ4n) is 2.59. The van der Waals surface area contributed by atoms with Crippen LogP contribution in [0.25, 0.3) is 0 Å². The van der Waals surface area contributed by atoms with Crippen molar-refractivity contribution in [2.75, 3.05) is 32.5 Å². The Morgan fingerprint density at radius 2 is 2.07 bits per heavy atom. The van der Waals surface area contributed by atoms with E-state index in [9.17, 15) is 10.0 Å². The average molecular weight is 533 g/mol. The van der Waals surface area contributed by atoms with Crippen LogP contribution in [0.3, 0.4) is 0 Å². The highest BCUT2D eigenvalue weighted by atomic mass is 79.9. The maximum Gasteiger partial charge on any atom is 0.350 e. The van der Waals surface area contributed by atoms with Gasteiger partial charge >= 0.3 is 5.95 Å². The number of nitrogens with zero attached hydrogens (tertiary/aromatic N) is 1. The van der Waals surface area contributed by atoms with E-state index >= 15 is 0 Å². The second-order valence-electron chi connectivity index (χ2n) is 6.28. The van der Waals surface area contributed by atoms with Crippen molar-refractivity contribution in [1.82, 2.24) is 15.6 Å². The van der Waals surface area contributed by atoms with Crippen LogP contribution in [0.5, 0.6) is 5.75 Å². The first-order valence-corrected chi connectivity index (χ1v) is 10.6. The lowest BCUT2D eigenvalue weighted by molar-refractivity contribution is -0.358. The summed E-state index contributed by atoms with van der Waals surface area (Å²) in [5, 5.41) is 18.3. The number of nitrogens with two attached hydrogens (primary N) is 1. The van der Waals surface area contributed by atoms with Gasteiger partial charge in [0.15, 0.2) is 0 Å². The molecule has 1 aromatic carbocycles. The highest BCUT2D eigenvalue weighted by Gasteiger charge is 2.16. The van der Waals surface area contributed by atoms with Gasteiger partial charge in [-0.25, -0.2) is 9.97 Å². The molecule has 0 fully saturated rings. The molecule has 0 saturated carbocycles. The van der Waals surface area contributed by atoms with Gasteiger partial charge in [-0.1, -0.05) is 5.16 Å². The normalized spacial score (nSPS) is 11.5. The van der Waals surface area contributed by atoms with Crippen LogP contribution in [-0.2, 0) is 17.6 Å². The molecule has 1 heterocycles. The number of nitrogen functional groups attached to an aromatic ring is 1. The van der Waals surface area contributed by atoms with Crippen molar-refractivity contribution < 1.29 is 19.7 Å². The van der Waals surface area contributed by atoms with Crippen molar-refractivity contribution in [1.29, 1.82) is 0 Å². The fraction of sp³-hybridized carbons (Fsp3) is 0.389. The van der Waals surface area contributed by atoms with E-state index in [1.807, 2.05) is 19.2 Å². The molecule has 1 amide bonds. The maximum atomic E-state index is 12.3. The van der Waals surface area contributed by atoms with Crippen molar-refractivity contribution >= 4 is 49.4 Å². The summed E-state index contributed by atoms with van der Waals surface area (Å²) in [5.41, 5.74) is 7.25. The molecule has 0 saturated heterocycles. The van der Waals surface area contributed by atoms with Gasteiger partial charge in [0.2, 0.25) is 0 Å². The zero-order valence-electron chi connectivity index (χ0n) is 16.0. The number of carbonyl (C=O) groups excluding carboxylic acids is 1. The minimum Gasteiger partial charge on any atom is -0.491 e. The predicted molar refractivity (Wildman–Crippen MR) is 117 cm³/mol. The average Bonchev–Trinajstić information content (AvgIpc) is 3.10. The molecular weight excluding hydrogens is 508 g/mol. The van der Waals surface area contributed by atoms with Crippen LogP contribution in [0.15, 0.2) is 32.4 Å². The van der Waals surface area contributed by atoms with Crippen molar-refractivity contribution in [2.45, 2.75) is 19.3 Å². The highest BCUT2D eigenvalue weighted by molar-refractivity contribution is 9.11. The predicted octanol–water partition coefficient (Wildman–Crippen LogP) is 1.66. The number of imidazole rings is 1. The molecule has 0 aliphatic carbocycles. The van der Waals surface area contributed by atoms with Crippen molar-refractivity contribution in [3.8, 4) is 5.75 Å². The number of hydrogen-bond acceptors (Lipinski definition) is 6. The van der Waals surface area contributed by atoms with Crippen molar-refractivity contribution in [3.63, 3.8) is 0 Å². The van der Waals surface area contributed by atoms with E-state index in [-0.39, 0.29) is 12.1 Å². The molecule has 2 aromatic rings. The highest BCUT2D eigenvalue weighted by Crippen LogP contribution is 2.35. The van der Waals surface area contributed by atoms with E-state index < -0.39 is 5.91 Å². The third-order valence-electron chi connectivity index (χ3n) is 4.01. The van der Waals surface area contributed by atoms with E-state index in [1.54, 1.807) is 6.20 Å². The van der Waals surface area contributed by atoms with Gasteiger partial charge < -0.3 is 20.6 Å². The molecule has 0 aliphatic heterocycles. The molecule has 0 radical (unpaired) electrons. The molecule has 158 valence electrons. The summed E-state index contributed by atoms with van der Waals surface area (Å²) in [6.45, 7) is 1.82. The van der Waals surface area contributed by atoms with Gasteiger partial charge in [-0.2, -0.15) is 0 Å². The Labute approximate surface area is 185 Å². The number of hydrogen-bond donors (Lipinski definition) is 5. The van der Waals surface area contributed by atoms with Crippen LogP contribution in [-0.4, -0.2) is 48.6 Å². The van der Waals surface area contributed by atoms with Crippen LogP contribution >= 0.6 is 31.9 Å². The Morgan fingerprint density at radius 1 is 1.34 bits per heavy atom. The summed E-state index contributed by atoms with van der Waals surface area (Å²) in [4.78, 5) is 18.1. The van der Waals surface area contributed by atoms with Crippen LogP contribution < -0.4 is 26.1 Å². The van der Waals surface area contributed by atoms with Gasteiger partial charge in [0, 0.05) is 19.4 Å². The van der Waals surface area contributed by atoms with Gasteiger partial charge in [-0.15, -0.1) is 0 Å². The molecule has 0 unspecified atom stereocenters. The second-order valence-corrected chi connectivity index (χ2v) is 7.98. The van der Waals surface area contributed by atoms with Gasteiger partial charge in [0.05, 0.1) is 21.7 Å². The molecule has 0 spiro atoms. The first kappa shape index (κ1) is 23.2. The number of aromatic amines is 2. The van der Waals surface area contributed by atoms with Crippen LogP contribution in [0.1, 0.15) is 17.7 Å². The molecule has 0 aliphatic rings. The van der Waals surface area contributed by atoms with Crippen molar-refractivity contribution in [2.24, 2.45) is 5.16 Å². The molecule has 1 aromatic heterocycles. The number of carbonyl (C=O) groups is 1. The SMILES string of the molecule is CNCCCOc1c(Br)cc(C/C(=N\O)C(=O)NCCc2c[nH+]c(N)[nH]2)cc1Br. The first-order valence-electron chi connectivity index (χ1n) is 9.04. The van der Waals surface area contributed by atoms with Gasteiger partial charge in [-0.3, -0.25) is 10.5 Å².